The fourth-order valence-electron chi connectivity index (χ4n) is 3.56. The number of Topliss-reactive ketones (excluding diaryl/α,β-unsaturated/α-hetero) is 2. The van der Waals surface area contributed by atoms with Gasteiger partial charge >= 0.3 is 5.97 Å². The number of nitrogens with zero attached hydrogens (tertiary/aromatic N) is 1. The smallest absolute Gasteiger partial charge is 0.358 e. The van der Waals surface area contributed by atoms with Crippen molar-refractivity contribution in [3.63, 3.8) is 0 Å². The van der Waals surface area contributed by atoms with Crippen LogP contribution in [0.4, 0.5) is 5.69 Å². The summed E-state index contributed by atoms with van der Waals surface area (Å²) in [5.74, 6) is 2.28. The lowest BCUT2D eigenvalue weighted by molar-refractivity contribution is -0.116. The summed E-state index contributed by atoms with van der Waals surface area (Å²) >= 11 is 11.4. The van der Waals surface area contributed by atoms with Crippen LogP contribution in [0.3, 0.4) is 0 Å². The Morgan fingerprint density at radius 1 is 0.875 bits per heavy atom. The SMILES string of the molecule is CNC(=O)c1c(I)c(C(=O)CC(N)C(=O)c2c(I)c(CO)c(I)c(C(=O)ON)c2I)c(I)c(N(C)C(C)=O)c1I. The Balaban J connectivity index is 2.69. The topological polar surface area (TPSA) is 182 Å². The van der Waals surface area contributed by atoms with E-state index in [9.17, 15) is 29.1 Å². The van der Waals surface area contributed by atoms with Crippen LogP contribution in [0.1, 0.15) is 60.3 Å². The molecule has 0 spiro atoms. The van der Waals surface area contributed by atoms with Crippen molar-refractivity contribution in [1.82, 2.24) is 5.32 Å². The van der Waals surface area contributed by atoms with Gasteiger partial charge in [0.1, 0.15) is 0 Å². The predicted molar refractivity (Wildman–Crippen MR) is 198 cm³/mol. The minimum Gasteiger partial charge on any atom is -0.392 e. The van der Waals surface area contributed by atoms with Gasteiger partial charge in [0.25, 0.3) is 5.91 Å². The Morgan fingerprint density at radius 3 is 1.85 bits per heavy atom. The molecule has 0 aromatic heterocycles. The largest absolute Gasteiger partial charge is 0.392 e. The van der Waals surface area contributed by atoms with Crippen molar-refractivity contribution in [3.05, 3.63) is 49.2 Å². The monoisotopic (exact) mass is 1230 g/mol. The number of hydrogen-bond acceptors (Lipinski definition) is 9. The first-order valence-electron chi connectivity index (χ1n) is 10.8. The maximum atomic E-state index is 13.7. The molecule has 216 valence electrons. The first-order valence-corrected chi connectivity index (χ1v) is 17.3. The van der Waals surface area contributed by atoms with Crippen molar-refractivity contribution in [2.75, 3.05) is 19.0 Å². The van der Waals surface area contributed by atoms with Crippen LogP contribution in [0.25, 0.3) is 0 Å². The summed E-state index contributed by atoms with van der Waals surface area (Å²) < 4.78 is 2.23. The minimum absolute atomic E-state index is 0.00362. The highest BCUT2D eigenvalue weighted by atomic mass is 127. The molecule has 2 aromatic carbocycles. The van der Waals surface area contributed by atoms with Crippen LogP contribution < -0.4 is 21.8 Å². The van der Waals surface area contributed by atoms with E-state index in [1.165, 1.54) is 25.9 Å². The zero-order valence-electron chi connectivity index (χ0n) is 20.8. The Morgan fingerprint density at radius 2 is 1.38 bits per heavy atom. The Labute approximate surface area is 311 Å². The number of carbonyl (C=O) groups excluding carboxylic acids is 5. The summed E-state index contributed by atoms with van der Waals surface area (Å²) in [4.78, 5) is 70.5. The van der Waals surface area contributed by atoms with Crippen molar-refractivity contribution in [3.8, 4) is 0 Å². The van der Waals surface area contributed by atoms with Gasteiger partial charge in [-0.05, 0) is 136 Å². The molecule has 2 aromatic rings. The zero-order valence-corrected chi connectivity index (χ0v) is 33.7. The molecular weight excluding hydrogens is 1210 g/mol. The first-order chi connectivity index (χ1) is 18.6. The number of aliphatic hydroxyl groups excluding tert-OH is 1. The number of halogens is 6. The maximum absolute atomic E-state index is 13.7. The molecule has 17 heteroatoms. The molecule has 0 heterocycles. The number of nitrogens with two attached hydrogens (primary N) is 2. The van der Waals surface area contributed by atoms with Crippen LogP contribution in [0.2, 0.25) is 0 Å². The molecule has 2 rings (SSSR count). The van der Waals surface area contributed by atoms with Crippen molar-refractivity contribution >= 4 is 171 Å². The van der Waals surface area contributed by atoms with E-state index in [0.717, 1.165) is 0 Å². The second-order valence-electron chi connectivity index (χ2n) is 8.03. The molecule has 0 saturated carbocycles. The van der Waals surface area contributed by atoms with Crippen molar-refractivity contribution < 1.29 is 33.9 Å². The molecule has 0 fully saturated rings. The van der Waals surface area contributed by atoms with Crippen LogP contribution in [0, 0.1) is 21.4 Å². The van der Waals surface area contributed by atoms with Crippen molar-refractivity contribution in [2.45, 2.75) is 26.0 Å². The van der Waals surface area contributed by atoms with Gasteiger partial charge in [0.2, 0.25) is 5.91 Å². The van der Waals surface area contributed by atoms with E-state index >= 15 is 0 Å². The molecule has 2 amide bonds. The van der Waals surface area contributed by atoms with Crippen molar-refractivity contribution in [2.24, 2.45) is 11.6 Å². The van der Waals surface area contributed by atoms with Gasteiger partial charge < -0.3 is 25.9 Å². The van der Waals surface area contributed by atoms with E-state index in [0.29, 0.717) is 29.1 Å². The number of ketones is 2. The lowest BCUT2D eigenvalue weighted by Crippen LogP contribution is -2.36. The fraction of sp³-hybridized carbons (Fsp3) is 0.261. The van der Waals surface area contributed by atoms with Gasteiger partial charge in [0, 0.05) is 62.0 Å². The highest BCUT2D eigenvalue weighted by Crippen LogP contribution is 2.39. The number of aliphatic hydroxyl groups is 1. The molecule has 0 aliphatic heterocycles. The van der Waals surface area contributed by atoms with E-state index in [-0.39, 0.29) is 31.7 Å². The number of rotatable bonds is 9. The van der Waals surface area contributed by atoms with Crippen molar-refractivity contribution in [1.29, 1.82) is 0 Å². The normalized spacial score (nSPS) is 11.6. The number of hydrogen-bond donors (Lipinski definition) is 4. The van der Waals surface area contributed by atoms with E-state index in [1.807, 2.05) is 136 Å². The van der Waals surface area contributed by atoms with Gasteiger partial charge in [0.05, 0.1) is 33.0 Å². The molecule has 0 aliphatic carbocycles. The number of carbonyl (C=O) groups is 5. The third kappa shape index (κ3) is 7.22. The van der Waals surface area contributed by atoms with Crippen LogP contribution in [-0.4, -0.2) is 54.6 Å². The van der Waals surface area contributed by atoms with Gasteiger partial charge in [-0.2, -0.15) is 5.90 Å². The van der Waals surface area contributed by atoms with Crippen LogP contribution >= 0.6 is 136 Å². The van der Waals surface area contributed by atoms with Crippen LogP contribution in [0.5, 0.6) is 0 Å². The molecule has 0 radical (unpaired) electrons. The summed E-state index contributed by atoms with van der Waals surface area (Å²) in [7, 11) is 2.99. The van der Waals surface area contributed by atoms with E-state index < -0.39 is 42.5 Å². The van der Waals surface area contributed by atoms with Gasteiger partial charge in [-0.15, -0.1) is 0 Å². The molecule has 0 aliphatic rings. The zero-order chi connectivity index (χ0) is 30.8. The second-order valence-corrected chi connectivity index (χ2v) is 14.5. The molecule has 6 N–H and O–H groups in total. The third-order valence-electron chi connectivity index (χ3n) is 5.70. The molecule has 40 heavy (non-hydrogen) atoms. The molecule has 11 nitrogen and oxygen atoms in total. The van der Waals surface area contributed by atoms with Gasteiger partial charge in [-0.3, -0.25) is 19.2 Å². The molecule has 0 saturated heterocycles. The standard InChI is InChI=1S/C23H20I6N4O7/c1-6(35)33(3)20-18(28)10(16(26)12(19(20)29)22(38)32-2)9(36)4-8(30)21(37)11-14(24)7(5-34)15(25)13(17(11)27)23(39)40-31/h8,34H,4-5,30-31H2,1-3H3,(H,32,38). The third-order valence-corrected chi connectivity index (χ3v) is 12.3. The minimum atomic E-state index is -1.34. The molecule has 1 unspecified atom stereocenters. The van der Waals surface area contributed by atoms with E-state index in [2.05, 4.69) is 10.2 Å². The van der Waals surface area contributed by atoms with Crippen LogP contribution in [-0.2, 0) is 16.2 Å². The average molecular weight is 1230 g/mol. The summed E-state index contributed by atoms with van der Waals surface area (Å²) in [6.07, 6.45) is -0.439. The Kier molecular flexibility index (Phi) is 14.1. The molecular formula is C23H20I6N4O7. The Bertz CT molecular complexity index is 1450. The van der Waals surface area contributed by atoms with E-state index in [1.54, 1.807) is 0 Å². The number of benzene rings is 2. The summed E-state index contributed by atoms with van der Waals surface area (Å²) in [5, 5.41) is 12.5. The summed E-state index contributed by atoms with van der Waals surface area (Å²) in [6.45, 7) is 0.889. The lowest BCUT2D eigenvalue weighted by Gasteiger charge is -2.24. The number of anilines is 1. The highest BCUT2D eigenvalue weighted by Gasteiger charge is 2.34. The van der Waals surface area contributed by atoms with Gasteiger partial charge in [0.15, 0.2) is 11.6 Å². The van der Waals surface area contributed by atoms with E-state index in [4.69, 9.17) is 11.6 Å². The Hall–Kier alpha value is 0.450. The maximum Gasteiger partial charge on any atom is 0.358 e. The predicted octanol–water partition coefficient (Wildman–Crippen LogP) is 3.96. The van der Waals surface area contributed by atoms with Gasteiger partial charge in [-0.1, -0.05) is 0 Å². The van der Waals surface area contributed by atoms with Crippen LogP contribution in [0.15, 0.2) is 0 Å². The second kappa shape index (κ2) is 15.4. The summed E-state index contributed by atoms with van der Waals surface area (Å²) in [6, 6.07) is -1.34. The summed E-state index contributed by atoms with van der Waals surface area (Å²) in [5.41, 5.74) is 7.42. The first kappa shape index (κ1) is 36.6. The lowest BCUT2D eigenvalue weighted by atomic mass is 9.94. The molecule has 0 bridgehead atoms. The average Bonchev–Trinajstić information content (AvgIpc) is 2.88. The number of amides is 2. The molecule has 1 atom stereocenters. The highest BCUT2D eigenvalue weighted by molar-refractivity contribution is 14.1. The number of nitrogens with one attached hydrogen (secondary N) is 1. The van der Waals surface area contributed by atoms with Gasteiger partial charge in [-0.25, -0.2) is 4.79 Å². The fourth-order valence-corrected chi connectivity index (χ4v) is 13.0. The quantitative estimate of drug-likeness (QED) is 0.164.